The first kappa shape index (κ1) is 13.9. The number of aryl methyl sites for hydroxylation is 1. The highest BCUT2D eigenvalue weighted by Gasteiger charge is 2.49. The van der Waals surface area contributed by atoms with Gasteiger partial charge in [0.1, 0.15) is 0 Å². The zero-order valence-corrected chi connectivity index (χ0v) is 13.4. The van der Waals surface area contributed by atoms with Crippen molar-refractivity contribution >= 4 is 22.9 Å². The fourth-order valence-electron chi connectivity index (χ4n) is 3.40. The quantitative estimate of drug-likeness (QED) is 0.900. The van der Waals surface area contributed by atoms with Crippen LogP contribution in [-0.2, 0) is 11.2 Å². The Labute approximate surface area is 124 Å². The minimum Gasteiger partial charge on any atom is -0.378 e. The molecule has 0 aromatic carbocycles. The van der Waals surface area contributed by atoms with Gasteiger partial charge in [0.05, 0.1) is 10.4 Å². The van der Waals surface area contributed by atoms with Crippen LogP contribution in [0.2, 0.25) is 4.34 Å². The molecule has 4 heteroatoms. The predicted molar refractivity (Wildman–Crippen MR) is 81.1 cm³/mol. The van der Waals surface area contributed by atoms with Gasteiger partial charge in [0.25, 0.3) is 0 Å². The molecule has 0 bridgehead atoms. The van der Waals surface area contributed by atoms with Crippen molar-refractivity contribution in [2.45, 2.75) is 58.2 Å². The first-order valence-electron chi connectivity index (χ1n) is 7.18. The Bertz CT molecular complexity index is 471. The van der Waals surface area contributed by atoms with Gasteiger partial charge < -0.3 is 10.1 Å². The SMILES string of the molecule is CCOC1CC(NC2CCc3sc(Cl)cc32)C1(C)C. The third-order valence-corrected chi connectivity index (χ3v) is 6.13. The summed E-state index contributed by atoms with van der Waals surface area (Å²) in [5, 5.41) is 3.83. The van der Waals surface area contributed by atoms with E-state index in [0.717, 1.165) is 17.4 Å². The summed E-state index contributed by atoms with van der Waals surface area (Å²) in [6, 6.07) is 3.20. The van der Waals surface area contributed by atoms with Crippen molar-refractivity contribution in [3.8, 4) is 0 Å². The minimum absolute atomic E-state index is 0.235. The monoisotopic (exact) mass is 299 g/mol. The fourth-order valence-corrected chi connectivity index (χ4v) is 4.76. The van der Waals surface area contributed by atoms with E-state index in [0.29, 0.717) is 18.2 Å². The maximum atomic E-state index is 6.12. The van der Waals surface area contributed by atoms with E-state index in [9.17, 15) is 0 Å². The van der Waals surface area contributed by atoms with Crippen LogP contribution in [0.5, 0.6) is 0 Å². The molecule has 1 aromatic rings. The van der Waals surface area contributed by atoms with Crippen molar-refractivity contribution in [3.63, 3.8) is 0 Å². The minimum atomic E-state index is 0.235. The highest BCUT2D eigenvalue weighted by atomic mass is 35.5. The number of thiophene rings is 1. The van der Waals surface area contributed by atoms with Gasteiger partial charge in [0.2, 0.25) is 0 Å². The summed E-state index contributed by atoms with van der Waals surface area (Å²) in [5.41, 5.74) is 1.67. The second-order valence-electron chi connectivity index (χ2n) is 6.24. The van der Waals surface area contributed by atoms with Crippen molar-refractivity contribution in [1.29, 1.82) is 0 Å². The van der Waals surface area contributed by atoms with Gasteiger partial charge in [-0.15, -0.1) is 11.3 Å². The van der Waals surface area contributed by atoms with Crippen LogP contribution in [0.15, 0.2) is 6.07 Å². The molecule has 3 atom stereocenters. The first-order valence-corrected chi connectivity index (χ1v) is 8.37. The van der Waals surface area contributed by atoms with Crippen molar-refractivity contribution in [2.75, 3.05) is 6.61 Å². The molecule has 2 aliphatic rings. The van der Waals surface area contributed by atoms with Crippen LogP contribution < -0.4 is 5.32 Å². The lowest BCUT2D eigenvalue weighted by Gasteiger charge is -2.52. The van der Waals surface area contributed by atoms with E-state index >= 15 is 0 Å². The van der Waals surface area contributed by atoms with E-state index in [1.165, 1.54) is 23.3 Å². The van der Waals surface area contributed by atoms with Gasteiger partial charge in [0.15, 0.2) is 0 Å². The van der Waals surface area contributed by atoms with Gasteiger partial charge in [-0.3, -0.25) is 0 Å². The molecule has 3 rings (SSSR count). The molecule has 0 spiro atoms. The van der Waals surface area contributed by atoms with Crippen LogP contribution in [0, 0.1) is 5.41 Å². The van der Waals surface area contributed by atoms with E-state index in [2.05, 4.69) is 32.2 Å². The van der Waals surface area contributed by atoms with Gasteiger partial charge in [-0.1, -0.05) is 25.4 Å². The normalized spacial score (nSPS) is 32.1. The summed E-state index contributed by atoms with van der Waals surface area (Å²) >= 11 is 7.86. The molecule has 1 saturated carbocycles. The molecule has 2 nitrogen and oxygen atoms in total. The van der Waals surface area contributed by atoms with Crippen LogP contribution in [0.1, 0.15) is 50.1 Å². The van der Waals surface area contributed by atoms with Crippen LogP contribution in [0.3, 0.4) is 0 Å². The number of fused-ring (bicyclic) bond motifs is 1. The molecule has 2 aliphatic carbocycles. The average Bonchev–Trinajstić information content (AvgIpc) is 2.88. The number of hydrogen-bond donors (Lipinski definition) is 1. The van der Waals surface area contributed by atoms with E-state index < -0.39 is 0 Å². The molecule has 1 heterocycles. The summed E-state index contributed by atoms with van der Waals surface area (Å²) in [6.45, 7) is 7.51. The van der Waals surface area contributed by atoms with Crippen LogP contribution in [0.25, 0.3) is 0 Å². The molecular weight excluding hydrogens is 278 g/mol. The summed E-state index contributed by atoms with van der Waals surface area (Å²) in [5.74, 6) is 0. The molecule has 1 aromatic heterocycles. The Balaban J connectivity index is 1.65. The van der Waals surface area contributed by atoms with Gasteiger partial charge in [0, 0.05) is 29.0 Å². The van der Waals surface area contributed by atoms with Crippen molar-refractivity contribution in [1.82, 2.24) is 5.32 Å². The van der Waals surface area contributed by atoms with Crippen LogP contribution in [-0.4, -0.2) is 18.8 Å². The van der Waals surface area contributed by atoms with Gasteiger partial charge >= 0.3 is 0 Å². The standard InChI is InChI=1S/C15H22ClNOS/c1-4-18-13-8-12(15(13,2)3)17-10-5-6-11-9(10)7-14(16)19-11/h7,10,12-13,17H,4-6,8H2,1-3H3. The Morgan fingerprint density at radius 2 is 2.32 bits per heavy atom. The molecule has 0 amide bonds. The smallest absolute Gasteiger partial charge is 0.0934 e. The molecule has 1 fully saturated rings. The maximum Gasteiger partial charge on any atom is 0.0934 e. The fraction of sp³-hybridized carbons (Fsp3) is 0.733. The summed E-state index contributed by atoms with van der Waals surface area (Å²) in [4.78, 5) is 1.47. The Hall–Kier alpha value is -0.0900. The number of ether oxygens (including phenoxy) is 1. The second-order valence-corrected chi connectivity index (χ2v) is 8.01. The zero-order valence-electron chi connectivity index (χ0n) is 11.8. The Kier molecular flexibility index (Phi) is 3.67. The molecule has 1 N–H and O–H groups in total. The third kappa shape index (κ3) is 2.35. The van der Waals surface area contributed by atoms with Gasteiger partial charge in [-0.05, 0) is 37.8 Å². The molecule has 19 heavy (non-hydrogen) atoms. The number of hydrogen-bond acceptors (Lipinski definition) is 3. The largest absolute Gasteiger partial charge is 0.378 e. The maximum absolute atomic E-state index is 6.12. The summed E-state index contributed by atoms with van der Waals surface area (Å²) < 4.78 is 6.73. The van der Waals surface area contributed by atoms with Crippen LogP contribution in [0.4, 0.5) is 0 Å². The second kappa shape index (κ2) is 5.03. The van der Waals surface area contributed by atoms with Crippen molar-refractivity contribution in [2.24, 2.45) is 5.41 Å². The lowest BCUT2D eigenvalue weighted by molar-refractivity contribution is -0.116. The van der Waals surface area contributed by atoms with Crippen molar-refractivity contribution < 1.29 is 4.74 Å². The summed E-state index contributed by atoms with van der Waals surface area (Å²) in [6.07, 6.45) is 3.92. The Morgan fingerprint density at radius 1 is 1.53 bits per heavy atom. The van der Waals surface area contributed by atoms with Gasteiger partial charge in [-0.25, -0.2) is 0 Å². The van der Waals surface area contributed by atoms with E-state index in [1.54, 1.807) is 11.3 Å². The average molecular weight is 300 g/mol. The molecule has 3 unspecified atom stereocenters. The van der Waals surface area contributed by atoms with Crippen molar-refractivity contribution in [3.05, 3.63) is 20.8 Å². The summed E-state index contributed by atoms with van der Waals surface area (Å²) in [7, 11) is 0. The Morgan fingerprint density at radius 3 is 3.00 bits per heavy atom. The number of halogens is 1. The number of nitrogens with one attached hydrogen (secondary N) is 1. The number of rotatable bonds is 4. The van der Waals surface area contributed by atoms with E-state index in [4.69, 9.17) is 16.3 Å². The lowest BCUT2D eigenvalue weighted by Crippen LogP contribution is -2.61. The molecular formula is C15H22ClNOS. The van der Waals surface area contributed by atoms with E-state index in [-0.39, 0.29) is 5.41 Å². The van der Waals surface area contributed by atoms with Gasteiger partial charge in [-0.2, -0.15) is 0 Å². The zero-order chi connectivity index (χ0) is 13.6. The lowest BCUT2D eigenvalue weighted by atomic mass is 9.64. The highest BCUT2D eigenvalue weighted by molar-refractivity contribution is 7.16. The first-order chi connectivity index (χ1) is 9.02. The molecule has 0 saturated heterocycles. The third-order valence-electron chi connectivity index (χ3n) is 4.80. The van der Waals surface area contributed by atoms with Crippen LogP contribution >= 0.6 is 22.9 Å². The highest BCUT2D eigenvalue weighted by Crippen LogP contribution is 2.46. The molecule has 0 aliphatic heterocycles. The molecule has 0 radical (unpaired) electrons. The topological polar surface area (TPSA) is 21.3 Å². The van der Waals surface area contributed by atoms with E-state index in [1.807, 2.05) is 0 Å². The predicted octanol–water partition coefficient (Wildman–Crippen LogP) is 4.18. The molecule has 106 valence electrons.